The molecule has 0 radical (unpaired) electrons. The molecule has 196 valence electrons. The summed E-state index contributed by atoms with van der Waals surface area (Å²) < 4.78 is 13.8. The number of aromatic nitrogens is 1. The van der Waals surface area contributed by atoms with Crippen LogP contribution >= 0.6 is 11.3 Å². The number of carboxylic acid groups (broad SMARTS) is 1. The predicted octanol–water partition coefficient (Wildman–Crippen LogP) is 6.17. The molecule has 0 fully saturated rings. The van der Waals surface area contributed by atoms with Crippen LogP contribution in [0, 0.1) is 19.7 Å². The van der Waals surface area contributed by atoms with Gasteiger partial charge in [0.25, 0.3) is 5.91 Å². The van der Waals surface area contributed by atoms with E-state index in [1.807, 2.05) is 50.2 Å². The Morgan fingerprint density at radius 1 is 1.05 bits per heavy atom. The van der Waals surface area contributed by atoms with Crippen LogP contribution in [-0.4, -0.2) is 28.0 Å². The van der Waals surface area contributed by atoms with Gasteiger partial charge in [-0.2, -0.15) is 0 Å². The SMILES string of the molecule is CCc1cc(F)cc(C)c1C(=O)NC(Cc1ccc(-c2csc(CNc3cc(C)ccn3)c2)cc1)C(=O)O. The number of hydrogen-bond donors (Lipinski definition) is 3. The van der Waals surface area contributed by atoms with Crippen LogP contribution in [0.25, 0.3) is 11.1 Å². The molecule has 2 aromatic carbocycles. The zero-order valence-electron chi connectivity index (χ0n) is 21.5. The van der Waals surface area contributed by atoms with Crippen LogP contribution < -0.4 is 10.6 Å². The second-order valence-corrected chi connectivity index (χ2v) is 10.2. The second kappa shape index (κ2) is 12.0. The Hall–Kier alpha value is -4.04. The third-order valence-corrected chi connectivity index (χ3v) is 7.27. The van der Waals surface area contributed by atoms with E-state index >= 15 is 0 Å². The van der Waals surface area contributed by atoms with Gasteiger partial charge in [0.15, 0.2) is 0 Å². The average Bonchev–Trinajstić information content (AvgIpc) is 3.36. The molecule has 1 atom stereocenters. The molecule has 0 bridgehead atoms. The molecule has 0 aliphatic carbocycles. The quantitative estimate of drug-likeness (QED) is 0.228. The van der Waals surface area contributed by atoms with Gasteiger partial charge >= 0.3 is 5.97 Å². The predicted molar refractivity (Wildman–Crippen MR) is 149 cm³/mol. The summed E-state index contributed by atoms with van der Waals surface area (Å²) in [7, 11) is 0. The minimum absolute atomic E-state index is 0.130. The lowest BCUT2D eigenvalue weighted by atomic mass is 9.97. The lowest BCUT2D eigenvalue weighted by molar-refractivity contribution is -0.139. The topological polar surface area (TPSA) is 91.3 Å². The molecular formula is C30H30FN3O3S. The standard InChI is InChI=1S/C30H30FN3O3S/c1-4-21-14-24(31)12-19(3)28(21)29(35)34-26(30(36)37)13-20-5-7-22(8-6-20)23-15-25(38-17-23)16-33-27-11-18(2)9-10-32-27/h5-12,14-15,17,26H,4,13,16H2,1-3H3,(H,32,33)(H,34,35)(H,36,37). The van der Waals surface area contributed by atoms with Crippen LogP contribution in [0.1, 0.15) is 44.4 Å². The van der Waals surface area contributed by atoms with Gasteiger partial charge in [-0.3, -0.25) is 4.79 Å². The molecule has 2 aromatic heterocycles. The van der Waals surface area contributed by atoms with Crippen molar-refractivity contribution in [3.05, 3.63) is 105 Å². The summed E-state index contributed by atoms with van der Waals surface area (Å²) in [6.07, 6.45) is 2.38. The highest BCUT2D eigenvalue weighted by Crippen LogP contribution is 2.27. The maximum atomic E-state index is 13.8. The fourth-order valence-corrected chi connectivity index (χ4v) is 5.18. The molecule has 4 rings (SSSR count). The Morgan fingerprint density at radius 3 is 2.50 bits per heavy atom. The number of carbonyl (C=O) groups is 2. The van der Waals surface area contributed by atoms with Gasteiger partial charge in [0.05, 0.1) is 6.54 Å². The highest BCUT2D eigenvalue weighted by molar-refractivity contribution is 7.10. The molecule has 0 saturated heterocycles. The molecule has 0 spiro atoms. The summed E-state index contributed by atoms with van der Waals surface area (Å²) in [5.41, 5.74) is 5.40. The number of aryl methyl sites for hydroxylation is 3. The number of anilines is 1. The van der Waals surface area contributed by atoms with E-state index in [4.69, 9.17) is 0 Å². The molecule has 0 aliphatic rings. The van der Waals surface area contributed by atoms with Crippen LogP contribution in [0.5, 0.6) is 0 Å². The van der Waals surface area contributed by atoms with Crippen LogP contribution in [0.2, 0.25) is 0 Å². The fraction of sp³-hybridized carbons (Fsp3) is 0.233. The summed E-state index contributed by atoms with van der Waals surface area (Å²) >= 11 is 1.66. The Balaban J connectivity index is 1.41. The summed E-state index contributed by atoms with van der Waals surface area (Å²) in [5, 5.41) is 17.8. The third-order valence-electron chi connectivity index (χ3n) is 6.33. The van der Waals surface area contributed by atoms with Gasteiger partial charge in [-0.05, 0) is 89.4 Å². The van der Waals surface area contributed by atoms with Gasteiger partial charge < -0.3 is 15.7 Å². The lowest BCUT2D eigenvalue weighted by Crippen LogP contribution is -2.42. The number of amides is 1. The first-order chi connectivity index (χ1) is 18.2. The number of carboxylic acids is 1. The van der Waals surface area contributed by atoms with Crippen molar-refractivity contribution < 1.29 is 19.1 Å². The summed E-state index contributed by atoms with van der Waals surface area (Å²) in [5.74, 6) is -1.21. The maximum absolute atomic E-state index is 13.8. The molecule has 6 nitrogen and oxygen atoms in total. The number of nitrogens with one attached hydrogen (secondary N) is 2. The van der Waals surface area contributed by atoms with Crippen molar-refractivity contribution in [1.82, 2.24) is 10.3 Å². The van der Waals surface area contributed by atoms with Crippen LogP contribution in [0.4, 0.5) is 10.2 Å². The highest BCUT2D eigenvalue weighted by atomic mass is 32.1. The first-order valence-electron chi connectivity index (χ1n) is 12.4. The van der Waals surface area contributed by atoms with E-state index in [1.54, 1.807) is 24.5 Å². The monoisotopic (exact) mass is 531 g/mol. The van der Waals surface area contributed by atoms with E-state index in [-0.39, 0.29) is 6.42 Å². The summed E-state index contributed by atoms with van der Waals surface area (Å²) in [6, 6.07) is 15.2. The van der Waals surface area contributed by atoms with E-state index in [0.29, 0.717) is 29.7 Å². The number of carbonyl (C=O) groups excluding carboxylic acids is 1. The normalized spacial score (nSPS) is 11.7. The number of thiophene rings is 1. The van der Waals surface area contributed by atoms with E-state index in [2.05, 4.69) is 27.1 Å². The zero-order chi connectivity index (χ0) is 27.2. The van der Waals surface area contributed by atoms with Crippen molar-refractivity contribution in [3.63, 3.8) is 0 Å². The van der Waals surface area contributed by atoms with Crippen molar-refractivity contribution in [3.8, 4) is 11.1 Å². The fourth-order valence-electron chi connectivity index (χ4n) is 4.35. The van der Waals surface area contributed by atoms with Crippen molar-refractivity contribution in [2.45, 2.75) is 46.2 Å². The van der Waals surface area contributed by atoms with Crippen molar-refractivity contribution in [1.29, 1.82) is 0 Å². The lowest BCUT2D eigenvalue weighted by Gasteiger charge is -2.18. The molecule has 4 aromatic rings. The van der Waals surface area contributed by atoms with Crippen LogP contribution in [-0.2, 0) is 24.2 Å². The minimum atomic E-state index is -1.13. The summed E-state index contributed by atoms with van der Waals surface area (Å²) in [6.45, 7) is 6.18. The zero-order valence-corrected chi connectivity index (χ0v) is 22.4. The number of aliphatic carboxylic acids is 1. The van der Waals surface area contributed by atoms with Crippen LogP contribution in [0.3, 0.4) is 0 Å². The molecule has 0 aliphatic heterocycles. The minimum Gasteiger partial charge on any atom is -0.480 e. The van der Waals surface area contributed by atoms with Gasteiger partial charge in [-0.1, -0.05) is 31.2 Å². The Morgan fingerprint density at radius 2 is 1.82 bits per heavy atom. The third kappa shape index (κ3) is 6.63. The number of rotatable bonds is 10. The first kappa shape index (κ1) is 27.0. The molecular weight excluding hydrogens is 501 g/mol. The molecule has 8 heteroatoms. The van der Waals surface area contributed by atoms with Gasteiger partial charge in [-0.15, -0.1) is 11.3 Å². The second-order valence-electron chi connectivity index (χ2n) is 9.25. The van der Waals surface area contributed by atoms with Gasteiger partial charge in [0.1, 0.15) is 17.7 Å². The van der Waals surface area contributed by atoms with Crippen molar-refractivity contribution >= 4 is 29.0 Å². The van der Waals surface area contributed by atoms with Crippen molar-refractivity contribution in [2.24, 2.45) is 0 Å². The van der Waals surface area contributed by atoms with E-state index in [9.17, 15) is 19.1 Å². The molecule has 38 heavy (non-hydrogen) atoms. The number of halogens is 1. The Labute approximate surface area is 225 Å². The summed E-state index contributed by atoms with van der Waals surface area (Å²) in [4.78, 5) is 30.4. The number of benzene rings is 2. The number of hydrogen-bond acceptors (Lipinski definition) is 5. The van der Waals surface area contributed by atoms with Gasteiger partial charge in [0, 0.05) is 23.1 Å². The smallest absolute Gasteiger partial charge is 0.326 e. The first-order valence-corrected chi connectivity index (χ1v) is 13.3. The van der Waals surface area contributed by atoms with E-state index in [1.165, 1.54) is 17.0 Å². The Bertz CT molecular complexity index is 1450. The average molecular weight is 532 g/mol. The molecule has 2 heterocycles. The molecule has 0 saturated carbocycles. The Kier molecular flexibility index (Phi) is 8.53. The largest absolute Gasteiger partial charge is 0.480 e. The molecule has 1 amide bonds. The van der Waals surface area contributed by atoms with E-state index < -0.39 is 23.7 Å². The van der Waals surface area contributed by atoms with Crippen LogP contribution in [0.15, 0.2) is 66.2 Å². The highest BCUT2D eigenvalue weighted by Gasteiger charge is 2.24. The number of nitrogens with zero attached hydrogens (tertiary/aromatic N) is 1. The van der Waals surface area contributed by atoms with Crippen molar-refractivity contribution in [2.75, 3.05) is 5.32 Å². The maximum Gasteiger partial charge on any atom is 0.326 e. The van der Waals surface area contributed by atoms with Gasteiger partial charge in [-0.25, -0.2) is 14.2 Å². The molecule has 3 N–H and O–H groups in total. The van der Waals surface area contributed by atoms with Gasteiger partial charge in [0.2, 0.25) is 0 Å². The number of pyridine rings is 1. The molecule has 1 unspecified atom stereocenters. The van der Waals surface area contributed by atoms with E-state index in [0.717, 1.165) is 28.1 Å².